The number of unbranched alkanes of at least 4 members (excludes halogenated alkanes) is 1. The van der Waals surface area contributed by atoms with Crippen LogP contribution in [0, 0.1) is 0 Å². The molecule has 0 fully saturated rings. The van der Waals surface area contributed by atoms with Crippen molar-refractivity contribution in [2.24, 2.45) is 0 Å². The Hall–Kier alpha value is -1.75. The quantitative estimate of drug-likeness (QED) is 0.486. The summed E-state index contributed by atoms with van der Waals surface area (Å²) >= 11 is 7.60. The van der Waals surface area contributed by atoms with Crippen molar-refractivity contribution in [3.8, 4) is 0 Å². The molecule has 3 nitrogen and oxygen atoms in total. The number of nitrogens with one attached hydrogen (secondary N) is 1. The summed E-state index contributed by atoms with van der Waals surface area (Å²) in [6.45, 7) is 1.75. The highest BCUT2D eigenvalue weighted by Crippen LogP contribution is 2.31. The molecule has 0 spiro atoms. The summed E-state index contributed by atoms with van der Waals surface area (Å²) in [6, 6.07) is 15.8. The molecule has 0 aliphatic heterocycles. The molecule has 1 amide bonds. The Labute approximate surface area is 165 Å². The van der Waals surface area contributed by atoms with Gasteiger partial charge in [-0.3, -0.25) is 4.79 Å². The van der Waals surface area contributed by atoms with E-state index >= 15 is 0 Å². The number of carbonyl (C=O) groups is 1. The predicted molar refractivity (Wildman–Crippen MR) is 112 cm³/mol. The summed E-state index contributed by atoms with van der Waals surface area (Å²) < 4.78 is 0. The molecule has 138 valence electrons. The highest BCUT2D eigenvalue weighted by Gasteiger charge is 2.03. The van der Waals surface area contributed by atoms with Crippen molar-refractivity contribution >= 4 is 35.3 Å². The standard InChI is InChI=1S/C21H25ClN2OS/c1-24(2)16-6-5-15-23-21(25)14-9-17-7-3-4-8-20(17)26-19-12-10-18(22)11-13-19/h3-4,7-14H,5-6,15-16H2,1-2H3,(H,23,25)/b14-9+. The van der Waals surface area contributed by atoms with E-state index in [0.29, 0.717) is 6.54 Å². The fourth-order valence-electron chi connectivity index (χ4n) is 2.33. The first-order valence-corrected chi connectivity index (χ1v) is 9.87. The minimum atomic E-state index is -0.0545. The van der Waals surface area contributed by atoms with E-state index in [1.54, 1.807) is 17.8 Å². The van der Waals surface area contributed by atoms with Gasteiger partial charge in [0.05, 0.1) is 0 Å². The Morgan fingerprint density at radius 2 is 1.85 bits per heavy atom. The number of rotatable bonds is 9. The maximum atomic E-state index is 12.0. The molecule has 2 rings (SSSR count). The van der Waals surface area contributed by atoms with Crippen molar-refractivity contribution < 1.29 is 4.79 Å². The molecule has 0 aliphatic rings. The summed E-state index contributed by atoms with van der Waals surface area (Å²) in [5.74, 6) is -0.0545. The van der Waals surface area contributed by atoms with Gasteiger partial charge in [-0.1, -0.05) is 41.6 Å². The Balaban J connectivity index is 1.89. The van der Waals surface area contributed by atoms with Gasteiger partial charge in [-0.25, -0.2) is 0 Å². The molecule has 0 saturated heterocycles. The number of hydrogen-bond acceptors (Lipinski definition) is 3. The largest absolute Gasteiger partial charge is 0.353 e. The molecule has 0 aliphatic carbocycles. The highest BCUT2D eigenvalue weighted by atomic mass is 35.5. The summed E-state index contributed by atoms with van der Waals surface area (Å²) in [5, 5.41) is 3.66. The van der Waals surface area contributed by atoms with Gasteiger partial charge in [-0.2, -0.15) is 0 Å². The van der Waals surface area contributed by atoms with Crippen LogP contribution in [0.4, 0.5) is 0 Å². The Morgan fingerprint density at radius 3 is 2.58 bits per heavy atom. The molecule has 0 bridgehead atoms. The zero-order valence-electron chi connectivity index (χ0n) is 15.2. The molecule has 1 N–H and O–H groups in total. The number of benzene rings is 2. The van der Waals surface area contributed by atoms with Gasteiger partial charge in [-0.05, 0) is 75.5 Å². The lowest BCUT2D eigenvalue weighted by molar-refractivity contribution is -0.116. The van der Waals surface area contributed by atoms with Crippen molar-refractivity contribution in [3.63, 3.8) is 0 Å². The Kier molecular flexibility index (Phi) is 8.75. The van der Waals surface area contributed by atoms with Crippen LogP contribution >= 0.6 is 23.4 Å². The Morgan fingerprint density at radius 1 is 1.12 bits per heavy atom. The van der Waals surface area contributed by atoms with Crippen LogP contribution in [0.2, 0.25) is 5.02 Å². The number of halogens is 1. The second-order valence-corrected chi connectivity index (χ2v) is 7.78. The van der Waals surface area contributed by atoms with Crippen molar-refractivity contribution in [1.29, 1.82) is 0 Å². The van der Waals surface area contributed by atoms with E-state index in [1.165, 1.54) is 0 Å². The summed E-state index contributed by atoms with van der Waals surface area (Å²) in [5.41, 5.74) is 1.02. The van der Waals surface area contributed by atoms with Crippen LogP contribution in [0.1, 0.15) is 18.4 Å². The molecule has 5 heteroatoms. The maximum absolute atomic E-state index is 12.0. The fourth-order valence-corrected chi connectivity index (χ4v) is 3.38. The molecule has 0 aromatic heterocycles. The van der Waals surface area contributed by atoms with Crippen molar-refractivity contribution in [1.82, 2.24) is 10.2 Å². The minimum absolute atomic E-state index is 0.0545. The predicted octanol–water partition coefficient (Wildman–Crippen LogP) is 4.96. The summed E-state index contributed by atoms with van der Waals surface area (Å²) in [6.07, 6.45) is 5.54. The van der Waals surface area contributed by atoms with Gasteiger partial charge < -0.3 is 10.2 Å². The first-order valence-electron chi connectivity index (χ1n) is 8.67. The zero-order valence-corrected chi connectivity index (χ0v) is 16.8. The number of amides is 1. The van der Waals surface area contributed by atoms with Crippen molar-refractivity contribution in [3.05, 3.63) is 65.2 Å². The molecule has 0 radical (unpaired) electrons. The van der Waals surface area contributed by atoms with Gasteiger partial charge in [0.15, 0.2) is 0 Å². The van der Waals surface area contributed by atoms with Crippen LogP contribution in [0.5, 0.6) is 0 Å². The van der Waals surface area contributed by atoms with Crippen LogP contribution in [0.3, 0.4) is 0 Å². The van der Waals surface area contributed by atoms with Gasteiger partial charge in [0.2, 0.25) is 5.91 Å². The monoisotopic (exact) mass is 388 g/mol. The topological polar surface area (TPSA) is 32.3 Å². The molecule has 0 heterocycles. The average Bonchev–Trinajstić information content (AvgIpc) is 2.62. The molecule has 0 unspecified atom stereocenters. The molecule has 26 heavy (non-hydrogen) atoms. The van der Waals surface area contributed by atoms with Crippen LogP contribution in [0.25, 0.3) is 6.08 Å². The smallest absolute Gasteiger partial charge is 0.243 e. The molecule has 0 atom stereocenters. The molecule has 0 saturated carbocycles. The van der Waals surface area contributed by atoms with E-state index in [0.717, 1.165) is 39.8 Å². The normalized spacial score (nSPS) is 11.2. The highest BCUT2D eigenvalue weighted by molar-refractivity contribution is 7.99. The first-order chi connectivity index (χ1) is 12.5. The number of nitrogens with zero attached hydrogens (tertiary/aromatic N) is 1. The third-order valence-corrected chi connectivity index (χ3v) is 5.06. The lowest BCUT2D eigenvalue weighted by Gasteiger charge is -2.08. The van der Waals surface area contributed by atoms with E-state index in [4.69, 9.17) is 11.6 Å². The first kappa shape index (κ1) is 20.6. The van der Waals surface area contributed by atoms with Crippen molar-refractivity contribution in [2.45, 2.75) is 22.6 Å². The average molecular weight is 389 g/mol. The zero-order chi connectivity index (χ0) is 18.8. The summed E-state index contributed by atoms with van der Waals surface area (Å²) in [4.78, 5) is 16.4. The third-order valence-electron chi connectivity index (χ3n) is 3.71. The van der Waals surface area contributed by atoms with Gasteiger partial charge in [0.25, 0.3) is 0 Å². The summed E-state index contributed by atoms with van der Waals surface area (Å²) in [7, 11) is 4.11. The SMILES string of the molecule is CN(C)CCCCNC(=O)/C=C/c1ccccc1Sc1ccc(Cl)cc1. The van der Waals surface area contributed by atoms with E-state index in [2.05, 4.69) is 30.4 Å². The molecule has 2 aromatic carbocycles. The van der Waals surface area contributed by atoms with Gasteiger partial charge in [0.1, 0.15) is 0 Å². The van der Waals surface area contributed by atoms with E-state index < -0.39 is 0 Å². The molecular formula is C21H25ClN2OS. The van der Waals surface area contributed by atoms with Crippen LogP contribution in [0.15, 0.2) is 64.4 Å². The fraction of sp³-hybridized carbons (Fsp3) is 0.286. The maximum Gasteiger partial charge on any atom is 0.243 e. The van der Waals surface area contributed by atoms with Crippen LogP contribution < -0.4 is 5.32 Å². The lowest BCUT2D eigenvalue weighted by atomic mass is 10.2. The third kappa shape index (κ3) is 7.65. The molecular weight excluding hydrogens is 364 g/mol. The van der Waals surface area contributed by atoms with E-state index in [1.807, 2.05) is 48.5 Å². The van der Waals surface area contributed by atoms with Crippen LogP contribution in [-0.2, 0) is 4.79 Å². The molecule has 2 aromatic rings. The lowest BCUT2D eigenvalue weighted by Crippen LogP contribution is -2.23. The van der Waals surface area contributed by atoms with Crippen LogP contribution in [-0.4, -0.2) is 38.0 Å². The Bertz CT molecular complexity index is 729. The number of hydrogen-bond donors (Lipinski definition) is 1. The number of carbonyl (C=O) groups excluding carboxylic acids is 1. The van der Waals surface area contributed by atoms with E-state index in [9.17, 15) is 4.79 Å². The van der Waals surface area contributed by atoms with E-state index in [-0.39, 0.29) is 5.91 Å². The second-order valence-electron chi connectivity index (χ2n) is 6.23. The second kappa shape index (κ2) is 11.1. The van der Waals surface area contributed by atoms with Gasteiger partial charge in [0, 0.05) is 27.4 Å². The van der Waals surface area contributed by atoms with Crippen molar-refractivity contribution in [2.75, 3.05) is 27.2 Å². The minimum Gasteiger partial charge on any atom is -0.353 e. The van der Waals surface area contributed by atoms with Gasteiger partial charge in [-0.15, -0.1) is 0 Å². The van der Waals surface area contributed by atoms with Gasteiger partial charge >= 0.3 is 0 Å².